The zero-order chi connectivity index (χ0) is 9.14. The molecular weight excluding hydrogens is 170 g/mol. The average Bonchev–Trinajstić information content (AvgIpc) is 2.34. The van der Waals surface area contributed by atoms with Crippen molar-refractivity contribution in [1.82, 2.24) is 4.98 Å². The molecule has 0 unspecified atom stereocenters. The van der Waals surface area contributed by atoms with Crippen molar-refractivity contribution in [3.8, 4) is 0 Å². The fraction of sp³-hybridized carbons (Fsp3) is 0.556. The van der Waals surface area contributed by atoms with Crippen LogP contribution in [0.4, 0.5) is 0 Å². The predicted octanol–water partition coefficient (Wildman–Crippen LogP) is 2.68. The van der Waals surface area contributed by atoms with Gasteiger partial charge in [0.05, 0.1) is 0 Å². The van der Waals surface area contributed by atoms with Crippen molar-refractivity contribution >= 4 is 17.1 Å². The third kappa shape index (κ3) is 2.41. The van der Waals surface area contributed by atoms with Crippen LogP contribution in [-0.2, 0) is 0 Å². The fourth-order valence-corrected chi connectivity index (χ4v) is 1.65. The highest BCUT2D eigenvalue weighted by Gasteiger charge is 2.11. The van der Waals surface area contributed by atoms with Gasteiger partial charge in [-0.15, -0.1) is 11.3 Å². The van der Waals surface area contributed by atoms with Gasteiger partial charge in [-0.25, -0.2) is 4.98 Å². The Hall–Kier alpha value is -0.700. The quantitative estimate of drug-likeness (QED) is 0.674. The molecule has 3 heteroatoms. The lowest BCUT2D eigenvalue weighted by Gasteiger charge is -1.99. The van der Waals surface area contributed by atoms with E-state index in [0.717, 1.165) is 4.88 Å². The van der Waals surface area contributed by atoms with Gasteiger partial charge in [-0.3, -0.25) is 4.79 Å². The smallest absolute Gasteiger partial charge is 0.191 e. The maximum Gasteiger partial charge on any atom is 0.191 e. The van der Waals surface area contributed by atoms with Crippen molar-refractivity contribution in [1.29, 1.82) is 0 Å². The van der Waals surface area contributed by atoms with Crippen molar-refractivity contribution in [3.63, 3.8) is 0 Å². The second-order valence-corrected chi connectivity index (χ2v) is 4.53. The van der Waals surface area contributed by atoms with Gasteiger partial charge < -0.3 is 0 Å². The number of carbonyl (C=O) groups is 1. The van der Waals surface area contributed by atoms with Crippen molar-refractivity contribution < 1.29 is 4.79 Å². The molecule has 66 valence electrons. The molecule has 0 amide bonds. The monoisotopic (exact) mass is 183 g/mol. The third-order valence-corrected chi connectivity index (χ3v) is 2.41. The lowest BCUT2D eigenvalue weighted by molar-refractivity contribution is 0.0967. The van der Waals surface area contributed by atoms with Gasteiger partial charge in [-0.1, -0.05) is 13.8 Å². The zero-order valence-corrected chi connectivity index (χ0v) is 8.44. The molecule has 0 N–H and O–H groups in total. The molecule has 0 bridgehead atoms. The largest absolute Gasteiger partial charge is 0.292 e. The molecule has 2 nitrogen and oxygen atoms in total. The average molecular weight is 183 g/mol. The van der Waals surface area contributed by atoms with E-state index in [1.165, 1.54) is 11.3 Å². The molecule has 1 heterocycles. The van der Waals surface area contributed by atoms with Crippen LogP contribution in [0, 0.1) is 12.8 Å². The Kier molecular flexibility index (Phi) is 2.98. The zero-order valence-electron chi connectivity index (χ0n) is 7.63. The van der Waals surface area contributed by atoms with E-state index in [9.17, 15) is 4.79 Å². The predicted molar refractivity (Wildman–Crippen MR) is 50.6 cm³/mol. The van der Waals surface area contributed by atoms with Gasteiger partial charge >= 0.3 is 0 Å². The lowest BCUT2D eigenvalue weighted by atomic mass is 10.1. The van der Waals surface area contributed by atoms with Gasteiger partial charge in [0.1, 0.15) is 0 Å². The van der Waals surface area contributed by atoms with E-state index in [1.54, 1.807) is 6.20 Å². The Morgan fingerprint density at radius 1 is 1.67 bits per heavy atom. The van der Waals surface area contributed by atoms with Gasteiger partial charge in [0.15, 0.2) is 10.8 Å². The van der Waals surface area contributed by atoms with Crippen LogP contribution in [0.3, 0.4) is 0 Å². The molecule has 0 aliphatic rings. The number of hydrogen-bond donors (Lipinski definition) is 0. The van der Waals surface area contributed by atoms with E-state index in [2.05, 4.69) is 4.98 Å². The number of ketones is 1. The molecular formula is C9H13NOS. The Morgan fingerprint density at radius 3 is 2.75 bits per heavy atom. The summed E-state index contributed by atoms with van der Waals surface area (Å²) in [5.74, 6) is 0.588. The summed E-state index contributed by atoms with van der Waals surface area (Å²) in [6.07, 6.45) is 2.35. The van der Waals surface area contributed by atoms with E-state index >= 15 is 0 Å². The van der Waals surface area contributed by atoms with Gasteiger partial charge in [-0.2, -0.15) is 0 Å². The Balaban J connectivity index is 2.65. The molecule has 0 radical (unpaired) electrons. The summed E-state index contributed by atoms with van der Waals surface area (Å²) in [6, 6.07) is 0. The van der Waals surface area contributed by atoms with Crippen LogP contribution in [0.1, 0.15) is 34.9 Å². The number of aromatic nitrogens is 1. The first kappa shape index (κ1) is 9.39. The summed E-state index contributed by atoms with van der Waals surface area (Å²) in [5.41, 5.74) is 0. The molecule has 0 aliphatic carbocycles. The van der Waals surface area contributed by atoms with Crippen molar-refractivity contribution in [2.45, 2.75) is 27.2 Å². The van der Waals surface area contributed by atoms with E-state index in [0.29, 0.717) is 17.3 Å². The van der Waals surface area contributed by atoms with Crippen molar-refractivity contribution in [2.24, 2.45) is 5.92 Å². The second-order valence-electron chi connectivity index (χ2n) is 3.30. The van der Waals surface area contributed by atoms with Crippen LogP contribution >= 0.6 is 11.3 Å². The van der Waals surface area contributed by atoms with Crippen LogP contribution in [0.25, 0.3) is 0 Å². The molecule has 1 aromatic heterocycles. The Bertz CT molecular complexity index is 278. The molecule has 0 saturated carbocycles. The van der Waals surface area contributed by atoms with Crippen LogP contribution in [-0.4, -0.2) is 10.8 Å². The number of aryl methyl sites for hydroxylation is 1. The SMILES string of the molecule is Cc1cnc(C(=O)CC(C)C)s1. The Labute approximate surface area is 76.6 Å². The van der Waals surface area contributed by atoms with Gasteiger partial charge in [0.2, 0.25) is 0 Å². The fourth-order valence-electron chi connectivity index (χ4n) is 0.942. The lowest BCUT2D eigenvalue weighted by Crippen LogP contribution is -2.02. The number of rotatable bonds is 3. The second kappa shape index (κ2) is 3.81. The molecule has 0 aromatic carbocycles. The summed E-state index contributed by atoms with van der Waals surface area (Å²) in [6.45, 7) is 6.04. The normalized spacial score (nSPS) is 10.7. The van der Waals surface area contributed by atoms with Crippen LogP contribution in [0.2, 0.25) is 0 Å². The van der Waals surface area contributed by atoms with Crippen LogP contribution < -0.4 is 0 Å². The number of thiazole rings is 1. The minimum Gasteiger partial charge on any atom is -0.292 e. The molecule has 1 rings (SSSR count). The summed E-state index contributed by atoms with van der Waals surface area (Å²) < 4.78 is 0. The third-order valence-electron chi connectivity index (χ3n) is 1.45. The van der Waals surface area contributed by atoms with E-state index in [-0.39, 0.29) is 5.78 Å². The van der Waals surface area contributed by atoms with Crippen molar-refractivity contribution in [3.05, 3.63) is 16.1 Å². The molecule has 0 saturated heterocycles. The Morgan fingerprint density at radius 2 is 2.33 bits per heavy atom. The number of nitrogens with zero attached hydrogens (tertiary/aromatic N) is 1. The molecule has 0 atom stereocenters. The number of Topliss-reactive ketones (excluding diaryl/α,β-unsaturated/α-hetero) is 1. The van der Waals surface area contributed by atoms with Crippen molar-refractivity contribution in [2.75, 3.05) is 0 Å². The van der Waals surface area contributed by atoms with Gasteiger partial charge in [0, 0.05) is 17.5 Å². The van der Waals surface area contributed by atoms with Crippen LogP contribution in [0.15, 0.2) is 6.20 Å². The molecule has 12 heavy (non-hydrogen) atoms. The van der Waals surface area contributed by atoms with Crippen LogP contribution in [0.5, 0.6) is 0 Å². The highest BCUT2D eigenvalue weighted by molar-refractivity contribution is 7.13. The molecule has 0 fully saturated rings. The molecule has 1 aromatic rings. The molecule has 0 aliphatic heterocycles. The maximum atomic E-state index is 11.4. The first-order valence-electron chi connectivity index (χ1n) is 4.05. The highest BCUT2D eigenvalue weighted by Crippen LogP contribution is 2.15. The first-order valence-corrected chi connectivity index (χ1v) is 4.87. The maximum absolute atomic E-state index is 11.4. The number of hydrogen-bond acceptors (Lipinski definition) is 3. The van der Waals surface area contributed by atoms with Gasteiger partial charge in [-0.05, 0) is 12.8 Å². The number of carbonyl (C=O) groups excluding carboxylic acids is 1. The summed E-state index contributed by atoms with van der Waals surface area (Å²) >= 11 is 1.48. The first-order chi connectivity index (χ1) is 5.59. The summed E-state index contributed by atoms with van der Waals surface area (Å²) in [4.78, 5) is 16.6. The topological polar surface area (TPSA) is 30.0 Å². The van der Waals surface area contributed by atoms with E-state index in [4.69, 9.17) is 0 Å². The summed E-state index contributed by atoms with van der Waals surface area (Å²) in [7, 11) is 0. The standard InChI is InChI=1S/C9H13NOS/c1-6(2)4-8(11)9-10-5-7(3)12-9/h5-6H,4H2,1-3H3. The van der Waals surface area contributed by atoms with Gasteiger partial charge in [0.25, 0.3) is 0 Å². The highest BCUT2D eigenvalue weighted by atomic mass is 32.1. The minimum absolute atomic E-state index is 0.170. The summed E-state index contributed by atoms with van der Waals surface area (Å²) in [5, 5.41) is 0.654. The van der Waals surface area contributed by atoms with E-state index in [1.807, 2.05) is 20.8 Å². The molecule has 0 spiro atoms. The van der Waals surface area contributed by atoms with E-state index < -0.39 is 0 Å². The minimum atomic E-state index is 0.170.